The van der Waals surface area contributed by atoms with Crippen LogP contribution in [0, 0.1) is 0 Å². The summed E-state index contributed by atoms with van der Waals surface area (Å²) in [5.41, 5.74) is -0.215. The zero-order valence-electron chi connectivity index (χ0n) is 11.3. The number of amides is 1. The van der Waals surface area contributed by atoms with Crippen LogP contribution in [-0.2, 0) is 6.18 Å². The molecule has 1 rings (SSSR count). The van der Waals surface area contributed by atoms with E-state index in [1.807, 2.05) is 0 Å². The van der Waals surface area contributed by atoms with Crippen molar-refractivity contribution in [1.82, 2.24) is 5.48 Å². The van der Waals surface area contributed by atoms with Crippen LogP contribution in [0.15, 0.2) is 18.2 Å². The highest BCUT2D eigenvalue weighted by atomic mass is 35.5. The van der Waals surface area contributed by atoms with Crippen LogP contribution in [0.1, 0.15) is 42.1 Å². The molecular weight excluding hydrogens is 330 g/mol. The van der Waals surface area contributed by atoms with Crippen LogP contribution in [0.3, 0.4) is 0 Å². The maximum absolute atomic E-state index is 12.3. The fourth-order valence-corrected chi connectivity index (χ4v) is 1.71. The number of halogens is 5. The summed E-state index contributed by atoms with van der Waals surface area (Å²) in [5.74, 6) is -0.203. The molecule has 0 fully saturated rings. The van der Waals surface area contributed by atoms with Crippen LogP contribution in [0.5, 0.6) is 0 Å². The molecule has 120 valence electrons. The average Bonchev–Trinajstić information content (AvgIpc) is 2.44. The highest BCUT2D eigenvalue weighted by Crippen LogP contribution is 2.35. The number of carbonyl (C=O) groups is 1. The van der Waals surface area contributed by atoms with E-state index in [9.17, 15) is 18.0 Å². The number of rotatable bonds is 4. The molecule has 0 saturated carbocycles. The molecule has 0 bridgehead atoms. The van der Waals surface area contributed by atoms with Crippen molar-refractivity contribution < 1.29 is 23.2 Å². The summed E-state index contributed by atoms with van der Waals surface area (Å²) >= 11 is 10.7. The Kier molecular flexibility index (Phi) is 9.41. The highest BCUT2D eigenvalue weighted by Gasteiger charge is 2.33. The summed E-state index contributed by atoms with van der Waals surface area (Å²) < 4.78 is 37.0. The van der Waals surface area contributed by atoms with Crippen LogP contribution in [0.4, 0.5) is 13.2 Å². The van der Waals surface area contributed by atoms with E-state index in [0.717, 1.165) is 18.0 Å². The number of nitrogens with one attached hydrogen (secondary N) is 1. The van der Waals surface area contributed by atoms with Gasteiger partial charge in [0.15, 0.2) is 0 Å². The number of benzene rings is 1. The predicted octanol–water partition coefficient (Wildman–Crippen LogP) is 4.89. The lowest BCUT2D eigenvalue weighted by atomic mass is 10.1. The van der Waals surface area contributed by atoms with Crippen LogP contribution in [0.25, 0.3) is 0 Å². The Morgan fingerprint density at radius 2 is 1.95 bits per heavy atom. The first-order chi connectivity index (χ1) is 9.77. The first-order valence-electron chi connectivity index (χ1n) is 6.15. The zero-order chi connectivity index (χ0) is 16.5. The Labute approximate surface area is 131 Å². The molecule has 0 aromatic heterocycles. The minimum Gasteiger partial charge on any atom is -0.288 e. The van der Waals surface area contributed by atoms with Crippen LogP contribution in [0.2, 0.25) is 5.02 Å². The molecule has 0 aliphatic carbocycles. The van der Waals surface area contributed by atoms with Crippen molar-refractivity contribution in [2.45, 2.75) is 32.4 Å². The molecule has 0 spiro atoms. The maximum atomic E-state index is 12.3. The fraction of sp³-hybridized carbons (Fsp3) is 0.462. The average molecular weight is 346 g/mol. The summed E-state index contributed by atoms with van der Waals surface area (Å²) in [4.78, 5) is 10.8. The Morgan fingerprint density at radius 1 is 1.33 bits per heavy atom. The van der Waals surface area contributed by atoms with E-state index in [4.69, 9.17) is 28.4 Å². The second kappa shape index (κ2) is 9.87. The van der Waals surface area contributed by atoms with E-state index in [2.05, 4.69) is 6.92 Å². The van der Waals surface area contributed by atoms with Crippen molar-refractivity contribution in [3.8, 4) is 0 Å². The number of hydrogen-bond acceptors (Lipinski definition) is 2. The second-order valence-corrected chi connectivity index (χ2v) is 4.81. The van der Waals surface area contributed by atoms with Crippen molar-refractivity contribution in [3.05, 3.63) is 34.3 Å². The van der Waals surface area contributed by atoms with Gasteiger partial charge in [-0.3, -0.25) is 10.0 Å². The molecule has 1 aromatic rings. The van der Waals surface area contributed by atoms with Crippen molar-refractivity contribution in [2.75, 3.05) is 5.88 Å². The van der Waals surface area contributed by atoms with Gasteiger partial charge in [-0.15, -0.1) is 11.6 Å². The van der Waals surface area contributed by atoms with E-state index in [1.165, 1.54) is 24.7 Å². The zero-order valence-corrected chi connectivity index (χ0v) is 12.8. The largest absolute Gasteiger partial charge is 0.417 e. The smallest absolute Gasteiger partial charge is 0.288 e. The molecule has 0 atom stereocenters. The third-order valence-electron chi connectivity index (χ3n) is 2.37. The van der Waals surface area contributed by atoms with Crippen LogP contribution >= 0.6 is 23.2 Å². The van der Waals surface area contributed by atoms with Crippen LogP contribution in [-0.4, -0.2) is 17.0 Å². The molecule has 1 aromatic carbocycles. The van der Waals surface area contributed by atoms with Crippen molar-refractivity contribution in [1.29, 1.82) is 0 Å². The molecular formula is C13H16Cl2F3NO2. The summed E-state index contributed by atoms with van der Waals surface area (Å²) in [5, 5.41) is 7.73. The molecule has 0 unspecified atom stereocenters. The number of carbonyl (C=O) groups excluding carboxylic acids is 1. The van der Waals surface area contributed by atoms with Crippen molar-refractivity contribution in [3.63, 3.8) is 0 Å². The Hall–Kier alpha value is -0.980. The van der Waals surface area contributed by atoms with Gasteiger partial charge < -0.3 is 0 Å². The van der Waals surface area contributed by atoms with Crippen molar-refractivity contribution in [2.24, 2.45) is 0 Å². The number of hydrogen-bond donors (Lipinski definition) is 2. The monoisotopic (exact) mass is 345 g/mol. The minimum atomic E-state index is -4.64. The van der Waals surface area contributed by atoms with Gasteiger partial charge in [-0.2, -0.15) is 13.2 Å². The number of unbranched alkanes of at least 4 members (excludes halogenated alkanes) is 2. The van der Waals surface area contributed by atoms with E-state index < -0.39 is 22.7 Å². The first kappa shape index (κ1) is 20.0. The number of hydroxylamine groups is 1. The summed E-state index contributed by atoms with van der Waals surface area (Å²) in [6, 6.07) is 2.58. The van der Waals surface area contributed by atoms with E-state index in [0.29, 0.717) is 6.07 Å². The van der Waals surface area contributed by atoms with Crippen molar-refractivity contribution >= 4 is 29.1 Å². The number of alkyl halides is 4. The molecule has 0 radical (unpaired) electrons. The lowest BCUT2D eigenvalue weighted by Gasteiger charge is -2.09. The van der Waals surface area contributed by atoms with Gasteiger partial charge in [0.05, 0.1) is 10.6 Å². The topological polar surface area (TPSA) is 49.3 Å². The molecule has 0 aliphatic heterocycles. The third-order valence-corrected chi connectivity index (χ3v) is 2.97. The van der Waals surface area contributed by atoms with E-state index in [-0.39, 0.29) is 5.56 Å². The van der Waals surface area contributed by atoms with Gasteiger partial charge in [-0.05, 0) is 24.6 Å². The standard InChI is InChI=1S/C8H5ClF3NO2.C5H11Cl/c9-6-2-1-4(7(14)13-15)3-5(6)8(10,11)12;1-2-3-4-5-6/h1-3,15H,(H,13,14);2-5H2,1H3. The van der Waals surface area contributed by atoms with Gasteiger partial charge in [0, 0.05) is 11.4 Å². The Balaban J connectivity index is 0.000000567. The Morgan fingerprint density at radius 3 is 2.33 bits per heavy atom. The normalized spacial score (nSPS) is 10.6. The molecule has 3 nitrogen and oxygen atoms in total. The van der Waals surface area contributed by atoms with Gasteiger partial charge in [-0.1, -0.05) is 31.4 Å². The first-order valence-corrected chi connectivity index (χ1v) is 7.06. The van der Waals surface area contributed by atoms with Gasteiger partial charge in [-0.25, -0.2) is 5.48 Å². The van der Waals surface area contributed by atoms with Gasteiger partial charge >= 0.3 is 6.18 Å². The lowest BCUT2D eigenvalue weighted by molar-refractivity contribution is -0.137. The second-order valence-electron chi connectivity index (χ2n) is 4.03. The molecule has 8 heteroatoms. The molecule has 0 heterocycles. The maximum Gasteiger partial charge on any atom is 0.417 e. The Bertz CT molecular complexity index is 450. The highest BCUT2D eigenvalue weighted by molar-refractivity contribution is 6.31. The summed E-state index contributed by atoms with van der Waals surface area (Å²) in [6.45, 7) is 2.17. The van der Waals surface area contributed by atoms with Crippen LogP contribution < -0.4 is 5.48 Å². The molecule has 2 N–H and O–H groups in total. The third kappa shape index (κ3) is 7.55. The van der Waals surface area contributed by atoms with Gasteiger partial charge in [0.25, 0.3) is 5.91 Å². The van der Waals surface area contributed by atoms with Gasteiger partial charge in [0.2, 0.25) is 0 Å². The summed E-state index contributed by atoms with van der Waals surface area (Å²) in [6.07, 6.45) is -0.906. The minimum absolute atomic E-state index is 0.325. The molecule has 21 heavy (non-hydrogen) atoms. The summed E-state index contributed by atoms with van der Waals surface area (Å²) in [7, 11) is 0. The quantitative estimate of drug-likeness (QED) is 0.353. The van der Waals surface area contributed by atoms with E-state index in [1.54, 1.807) is 0 Å². The molecule has 0 aliphatic rings. The predicted molar refractivity (Wildman–Crippen MR) is 76.0 cm³/mol. The van der Waals surface area contributed by atoms with E-state index >= 15 is 0 Å². The molecule has 0 saturated heterocycles. The molecule has 1 amide bonds. The fourth-order valence-electron chi connectivity index (χ4n) is 1.29. The lowest BCUT2D eigenvalue weighted by Crippen LogP contribution is -2.19. The van der Waals surface area contributed by atoms with Gasteiger partial charge in [0.1, 0.15) is 0 Å². The SMILES string of the molecule is CCCCCCl.O=C(NO)c1ccc(Cl)c(C(F)(F)F)c1.